The van der Waals surface area contributed by atoms with Crippen molar-refractivity contribution in [1.82, 2.24) is 10.2 Å². The van der Waals surface area contributed by atoms with Crippen LogP contribution in [0, 0.1) is 5.41 Å². The van der Waals surface area contributed by atoms with E-state index in [-0.39, 0.29) is 23.7 Å². The molecule has 3 rings (SSSR count). The minimum atomic E-state index is -4.75. The van der Waals surface area contributed by atoms with Crippen molar-refractivity contribution in [2.24, 2.45) is 5.41 Å². The van der Waals surface area contributed by atoms with Crippen LogP contribution in [0.5, 0.6) is 5.75 Å². The molecule has 6 nitrogen and oxygen atoms in total. The first-order chi connectivity index (χ1) is 13.1. The summed E-state index contributed by atoms with van der Waals surface area (Å²) in [5.74, 6) is -0.344. The van der Waals surface area contributed by atoms with Gasteiger partial charge in [-0.2, -0.15) is 0 Å². The number of ether oxygens (including phenoxy) is 1. The van der Waals surface area contributed by atoms with Gasteiger partial charge >= 0.3 is 12.4 Å². The van der Waals surface area contributed by atoms with Gasteiger partial charge in [0.05, 0.1) is 5.41 Å². The Balaban J connectivity index is 1.63. The highest BCUT2D eigenvalue weighted by molar-refractivity contribution is 6.00. The molecule has 0 aliphatic carbocycles. The first-order valence-corrected chi connectivity index (χ1v) is 9.33. The lowest BCUT2D eigenvalue weighted by Gasteiger charge is -2.38. The van der Waals surface area contributed by atoms with Crippen LogP contribution in [0.2, 0.25) is 0 Å². The molecule has 2 fully saturated rings. The molecular weight excluding hydrogens is 375 g/mol. The number of carbonyl (C=O) groups is 2. The topological polar surface area (TPSA) is 61.9 Å². The summed E-state index contributed by atoms with van der Waals surface area (Å²) >= 11 is 0. The SMILES string of the molecule is CC(C)NC(=O)N1CCC2(CC1)CCN(c1ccc(OC(F)(F)F)cc1)C2=O. The Hall–Kier alpha value is -2.45. The summed E-state index contributed by atoms with van der Waals surface area (Å²) in [6.07, 6.45) is -2.90. The number of carbonyl (C=O) groups excluding carboxylic acids is 2. The van der Waals surface area contributed by atoms with Crippen LogP contribution in [0.25, 0.3) is 0 Å². The van der Waals surface area contributed by atoms with Gasteiger partial charge in [0.15, 0.2) is 0 Å². The second-order valence-corrected chi connectivity index (χ2v) is 7.62. The number of piperidine rings is 1. The largest absolute Gasteiger partial charge is 0.573 e. The van der Waals surface area contributed by atoms with Gasteiger partial charge in [-0.3, -0.25) is 4.79 Å². The fourth-order valence-corrected chi connectivity index (χ4v) is 3.83. The number of alkyl halides is 3. The van der Waals surface area contributed by atoms with Crippen LogP contribution < -0.4 is 15.0 Å². The van der Waals surface area contributed by atoms with Gasteiger partial charge in [-0.15, -0.1) is 13.2 Å². The van der Waals surface area contributed by atoms with Crippen LogP contribution in [0.4, 0.5) is 23.7 Å². The zero-order chi connectivity index (χ0) is 20.5. The molecule has 1 spiro atoms. The summed E-state index contributed by atoms with van der Waals surface area (Å²) in [6, 6.07) is 5.27. The van der Waals surface area contributed by atoms with Crippen LogP contribution in [0.1, 0.15) is 33.1 Å². The number of halogens is 3. The minimum Gasteiger partial charge on any atom is -0.406 e. The van der Waals surface area contributed by atoms with E-state index in [0.29, 0.717) is 44.6 Å². The third-order valence-electron chi connectivity index (χ3n) is 5.31. The molecule has 0 aromatic heterocycles. The molecule has 2 heterocycles. The Morgan fingerprint density at radius 2 is 1.68 bits per heavy atom. The van der Waals surface area contributed by atoms with Gasteiger partial charge in [-0.05, 0) is 57.4 Å². The maximum absolute atomic E-state index is 13.0. The number of anilines is 1. The molecule has 28 heavy (non-hydrogen) atoms. The van der Waals surface area contributed by atoms with E-state index < -0.39 is 11.8 Å². The molecular formula is C19H24F3N3O3. The van der Waals surface area contributed by atoms with E-state index in [4.69, 9.17) is 0 Å². The second kappa shape index (κ2) is 7.52. The molecule has 9 heteroatoms. The van der Waals surface area contributed by atoms with Crippen molar-refractivity contribution < 1.29 is 27.5 Å². The molecule has 2 aliphatic rings. The van der Waals surface area contributed by atoms with Crippen LogP contribution >= 0.6 is 0 Å². The van der Waals surface area contributed by atoms with E-state index in [1.807, 2.05) is 13.8 Å². The van der Waals surface area contributed by atoms with Crippen molar-refractivity contribution in [3.8, 4) is 5.75 Å². The molecule has 3 amide bonds. The van der Waals surface area contributed by atoms with Crippen molar-refractivity contribution >= 4 is 17.6 Å². The Labute approximate surface area is 161 Å². The number of hydrogen-bond acceptors (Lipinski definition) is 3. The van der Waals surface area contributed by atoms with E-state index in [9.17, 15) is 22.8 Å². The van der Waals surface area contributed by atoms with E-state index >= 15 is 0 Å². The standard InChI is InChI=1S/C19H24F3N3O3/c1-13(2)23-17(27)24-10-7-18(8-11-24)9-12-25(16(18)26)14-3-5-15(6-4-14)28-19(20,21)22/h3-6,13H,7-12H2,1-2H3,(H,23,27). The fraction of sp³-hybridized carbons (Fsp3) is 0.579. The maximum atomic E-state index is 13.0. The van der Waals surface area contributed by atoms with Gasteiger partial charge < -0.3 is 19.9 Å². The van der Waals surface area contributed by atoms with Crippen molar-refractivity contribution in [1.29, 1.82) is 0 Å². The van der Waals surface area contributed by atoms with Crippen LogP contribution in [-0.4, -0.2) is 48.9 Å². The lowest BCUT2D eigenvalue weighted by atomic mass is 9.77. The number of nitrogens with one attached hydrogen (secondary N) is 1. The van der Waals surface area contributed by atoms with E-state index in [1.165, 1.54) is 24.3 Å². The average molecular weight is 399 g/mol. The summed E-state index contributed by atoms with van der Waals surface area (Å²) in [6.45, 7) is 5.32. The highest BCUT2D eigenvalue weighted by atomic mass is 19.4. The minimum absolute atomic E-state index is 0.0269. The number of hydrogen-bond donors (Lipinski definition) is 1. The summed E-state index contributed by atoms with van der Waals surface area (Å²) in [5.41, 5.74) is 0.0480. The summed E-state index contributed by atoms with van der Waals surface area (Å²) in [7, 11) is 0. The fourth-order valence-electron chi connectivity index (χ4n) is 3.83. The zero-order valence-corrected chi connectivity index (χ0v) is 15.9. The highest BCUT2D eigenvalue weighted by Crippen LogP contribution is 2.43. The summed E-state index contributed by atoms with van der Waals surface area (Å²) in [5, 5.41) is 2.86. The lowest BCUT2D eigenvalue weighted by Crippen LogP contribution is -2.50. The van der Waals surface area contributed by atoms with Gasteiger partial charge in [0.25, 0.3) is 0 Å². The molecule has 0 unspecified atom stereocenters. The number of benzene rings is 1. The average Bonchev–Trinajstić information content (AvgIpc) is 2.91. The summed E-state index contributed by atoms with van der Waals surface area (Å²) < 4.78 is 40.7. The van der Waals surface area contributed by atoms with E-state index in [2.05, 4.69) is 10.1 Å². The van der Waals surface area contributed by atoms with Crippen LogP contribution in [0.15, 0.2) is 24.3 Å². The third-order valence-corrected chi connectivity index (χ3v) is 5.31. The Bertz CT molecular complexity index is 726. The van der Waals surface area contributed by atoms with Crippen LogP contribution in [-0.2, 0) is 4.79 Å². The number of likely N-dealkylation sites (tertiary alicyclic amines) is 1. The van der Waals surface area contributed by atoms with Gasteiger partial charge in [0.1, 0.15) is 5.75 Å². The molecule has 2 saturated heterocycles. The highest BCUT2D eigenvalue weighted by Gasteiger charge is 2.49. The van der Waals surface area contributed by atoms with Crippen molar-refractivity contribution in [3.05, 3.63) is 24.3 Å². The second-order valence-electron chi connectivity index (χ2n) is 7.62. The first kappa shape index (κ1) is 20.3. The van der Waals surface area contributed by atoms with E-state index in [1.54, 1.807) is 9.80 Å². The molecule has 0 radical (unpaired) electrons. The number of urea groups is 1. The molecule has 1 aromatic carbocycles. The first-order valence-electron chi connectivity index (χ1n) is 9.33. The molecule has 1 N–H and O–H groups in total. The Morgan fingerprint density at radius 3 is 2.21 bits per heavy atom. The maximum Gasteiger partial charge on any atom is 0.573 e. The Morgan fingerprint density at radius 1 is 1.11 bits per heavy atom. The lowest BCUT2D eigenvalue weighted by molar-refractivity contribution is -0.274. The zero-order valence-electron chi connectivity index (χ0n) is 15.9. The molecule has 0 atom stereocenters. The van der Waals surface area contributed by atoms with Gasteiger partial charge in [0, 0.05) is 31.4 Å². The van der Waals surface area contributed by atoms with Gasteiger partial charge in [0.2, 0.25) is 5.91 Å². The van der Waals surface area contributed by atoms with Crippen molar-refractivity contribution in [2.45, 2.75) is 45.5 Å². The number of rotatable bonds is 3. The predicted molar refractivity (Wildman–Crippen MR) is 97.0 cm³/mol. The third kappa shape index (κ3) is 4.34. The van der Waals surface area contributed by atoms with Crippen LogP contribution in [0.3, 0.4) is 0 Å². The van der Waals surface area contributed by atoms with Crippen molar-refractivity contribution in [3.63, 3.8) is 0 Å². The van der Waals surface area contributed by atoms with E-state index in [0.717, 1.165) is 0 Å². The number of nitrogens with zero attached hydrogens (tertiary/aromatic N) is 2. The quantitative estimate of drug-likeness (QED) is 0.846. The molecule has 1 aromatic rings. The monoisotopic (exact) mass is 399 g/mol. The number of amides is 3. The Kier molecular flexibility index (Phi) is 5.45. The van der Waals surface area contributed by atoms with Crippen molar-refractivity contribution in [2.75, 3.05) is 24.5 Å². The smallest absolute Gasteiger partial charge is 0.406 e. The molecule has 0 bridgehead atoms. The molecule has 154 valence electrons. The van der Waals surface area contributed by atoms with Gasteiger partial charge in [-0.25, -0.2) is 4.79 Å². The molecule has 0 saturated carbocycles. The molecule has 2 aliphatic heterocycles. The predicted octanol–water partition coefficient (Wildman–Crippen LogP) is 3.52. The summed E-state index contributed by atoms with van der Waals surface area (Å²) in [4.78, 5) is 28.5. The van der Waals surface area contributed by atoms with Gasteiger partial charge in [-0.1, -0.05) is 0 Å². The normalized spacial score (nSPS) is 19.4.